The van der Waals surface area contributed by atoms with Gasteiger partial charge in [-0.2, -0.15) is 0 Å². The minimum Gasteiger partial charge on any atom is -0.469 e. The van der Waals surface area contributed by atoms with Gasteiger partial charge in [0, 0.05) is 5.57 Å². The summed E-state index contributed by atoms with van der Waals surface area (Å²) in [6.07, 6.45) is -0.702. The third-order valence-corrected chi connectivity index (χ3v) is 1.95. The van der Waals surface area contributed by atoms with E-state index in [2.05, 4.69) is 11.3 Å². The third kappa shape index (κ3) is 7.84. The summed E-state index contributed by atoms with van der Waals surface area (Å²) in [7, 11) is 1.28. The lowest BCUT2D eigenvalue weighted by molar-refractivity contribution is -0.157. The maximum absolute atomic E-state index is 11.4. The first-order valence-corrected chi connectivity index (χ1v) is 5.73. The van der Waals surface area contributed by atoms with Gasteiger partial charge in [-0.15, -0.1) is 0 Å². The van der Waals surface area contributed by atoms with Gasteiger partial charge in [-0.25, -0.2) is 4.79 Å². The summed E-state index contributed by atoms with van der Waals surface area (Å²) in [5.74, 6) is -0.992. The molecule has 0 aromatic heterocycles. The molecule has 1 unspecified atom stereocenters. The molecule has 104 valence electrons. The SMILES string of the molecule is C=C(C)C(=O)OC(COC(C)(C)C)CC(=O)OC. The molecule has 0 aliphatic carbocycles. The summed E-state index contributed by atoms with van der Waals surface area (Å²) in [5.41, 5.74) is -0.0927. The fourth-order valence-corrected chi connectivity index (χ4v) is 0.999. The van der Waals surface area contributed by atoms with Gasteiger partial charge in [-0.05, 0) is 27.7 Å². The lowest BCUT2D eigenvalue weighted by atomic mass is 10.2. The van der Waals surface area contributed by atoms with Crippen LogP contribution in [0.4, 0.5) is 0 Å². The van der Waals surface area contributed by atoms with E-state index in [1.807, 2.05) is 20.8 Å². The van der Waals surface area contributed by atoms with Crippen molar-refractivity contribution >= 4 is 11.9 Å². The van der Waals surface area contributed by atoms with Gasteiger partial charge in [0.05, 0.1) is 25.7 Å². The molecule has 0 radical (unpaired) electrons. The Morgan fingerprint density at radius 2 is 1.83 bits per heavy atom. The fourth-order valence-electron chi connectivity index (χ4n) is 0.999. The van der Waals surface area contributed by atoms with Crippen molar-refractivity contribution in [3.63, 3.8) is 0 Å². The van der Waals surface area contributed by atoms with E-state index in [1.54, 1.807) is 6.92 Å². The third-order valence-electron chi connectivity index (χ3n) is 1.95. The maximum atomic E-state index is 11.4. The van der Waals surface area contributed by atoms with E-state index in [1.165, 1.54) is 7.11 Å². The van der Waals surface area contributed by atoms with Gasteiger partial charge < -0.3 is 14.2 Å². The summed E-state index contributed by atoms with van der Waals surface area (Å²) >= 11 is 0. The van der Waals surface area contributed by atoms with E-state index in [9.17, 15) is 9.59 Å². The number of carbonyl (C=O) groups excluding carboxylic acids is 2. The average Bonchev–Trinajstić information content (AvgIpc) is 2.24. The first-order chi connectivity index (χ1) is 8.15. The molecule has 0 saturated carbocycles. The molecule has 0 N–H and O–H groups in total. The van der Waals surface area contributed by atoms with Crippen molar-refractivity contribution in [1.29, 1.82) is 0 Å². The van der Waals surface area contributed by atoms with Crippen molar-refractivity contribution in [3.05, 3.63) is 12.2 Å². The monoisotopic (exact) mass is 258 g/mol. The molecule has 0 aromatic rings. The molecule has 0 aromatic carbocycles. The van der Waals surface area contributed by atoms with E-state index in [0.29, 0.717) is 0 Å². The zero-order chi connectivity index (χ0) is 14.3. The summed E-state index contributed by atoms with van der Waals surface area (Å²) in [6, 6.07) is 0. The topological polar surface area (TPSA) is 61.8 Å². The van der Waals surface area contributed by atoms with Gasteiger partial charge in [-0.3, -0.25) is 4.79 Å². The van der Waals surface area contributed by atoms with Crippen LogP contribution in [0.25, 0.3) is 0 Å². The Labute approximate surface area is 108 Å². The molecule has 0 heterocycles. The van der Waals surface area contributed by atoms with Gasteiger partial charge >= 0.3 is 11.9 Å². The number of esters is 2. The second-order valence-electron chi connectivity index (χ2n) is 5.01. The fraction of sp³-hybridized carbons (Fsp3) is 0.692. The number of rotatable bonds is 6. The normalized spacial score (nSPS) is 12.7. The highest BCUT2D eigenvalue weighted by atomic mass is 16.6. The van der Waals surface area contributed by atoms with Crippen LogP contribution in [0.5, 0.6) is 0 Å². The Morgan fingerprint density at radius 1 is 1.28 bits per heavy atom. The van der Waals surface area contributed by atoms with Gasteiger partial charge in [0.15, 0.2) is 0 Å². The summed E-state index contributed by atoms with van der Waals surface area (Å²) in [5, 5.41) is 0. The summed E-state index contributed by atoms with van der Waals surface area (Å²) < 4.78 is 15.2. The van der Waals surface area contributed by atoms with Crippen LogP contribution >= 0.6 is 0 Å². The van der Waals surface area contributed by atoms with Crippen molar-refractivity contribution in [3.8, 4) is 0 Å². The molecule has 0 fully saturated rings. The Balaban J connectivity index is 4.47. The highest BCUT2D eigenvalue weighted by molar-refractivity contribution is 5.87. The molecular weight excluding hydrogens is 236 g/mol. The minimum absolute atomic E-state index is 0.0361. The van der Waals surface area contributed by atoms with Gasteiger partial charge in [0.1, 0.15) is 6.10 Å². The predicted octanol–water partition coefficient (Wildman–Crippen LogP) is 1.85. The van der Waals surface area contributed by atoms with Crippen molar-refractivity contribution in [2.45, 2.75) is 45.8 Å². The van der Waals surface area contributed by atoms with Gasteiger partial charge in [0.25, 0.3) is 0 Å². The molecule has 1 atom stereocenters. The highest BCUT2D eigenvalue weighted by Gasteiger charge is 2.22. The van der Waals surface area contributed by atoms with E-state index < -0.39 is 18.0 Å². The summed E-state index contributed by atoms with van der Waals surface area (Å²) in [4.78, 5) is 22.6. The number of carbonyl (C=O) groups is 2. The van der Waals surface area contributed by atoms with Crippen LogP contribution < -0.4 is 0 Å². The van der Waals surface area contributed by atoms with Crippen LogP contribution in [-0.4, -0.2) is 37.4 Å². The molecule has 5 heteroatoms. The highest BCUT2D eigenvalue weighted by Crippen LogP contribution is 2.11. The molecule has 18 heavy (non-hydrogen) atoms. The van der Waals surface area contributed by atoms with Gasteiger partial charge in [0.2, 0.25) is 0 Å². The molecule has 0 saturated heterocycles. The van der Waals surface area contributed by atoms with Gasteiger partial charge in [-0.1, -0.05) is 6.58 Å². The number of methoxy groups -OCH3 is 1. The number of hydrogen-bond donors (Lipinski definition) is 0. The van der Waals surface area contributed by atoms with Crippen molar-refractivity contribution < 1.29 is 23.8 Å². The lowest BCUT2D eigenvalue weighted by Crippen LogP contribution is -2.31. The van der Waals surface area contributed by atoms with E-state index in [0.717, 1.165) is 0 Å². The van der Waals surface area contributed by atoms with Crippen LogP contribution in [0, 0.1) is 0 Å². The molecule has 0 spiro atoms. The molecule has 0 bridgehead atoms. The molecule has 0 amide bonds. The van der Waals surface area contributed by atoms with Crippen LogP contribution in [-0.2, 0) is 23.8 Å². The van der Waals surface area contributed by atoms with E-state index >= 15 is 0 Å². The first-order valence-electron chi connectivity index (χ1n) is 5.73. The minimum atomic E-state index is -0.666. The lowest BCUT2D eigenvalue weighted by Gasteiger charge is -2.24. The molecule has 5 nitrogen and oxygen atoms in total. The average molecular weight is 258 g/mol. The second kappa shape index (κ2) is 7.16. The number of ether oxygens (including phenoxy) is 3. The van der Waals surface area contributed by atoms with Crippen LogP contribution in [0.1, 0.15) is 34.1 Å². The van der Waals surface area contributed by atoms with Crippen LogP contribution in [0.2, 0.25) is 0 Å². The first kappa shape index (κ1) is 16.6. The standard InChI is InChI=1S/C13H22O5/c1-9(2)12(15)18-10(7-11(14)16-6)8-17-13(3,4)5/h10H,1,7-8H2,2-6H3. The zero-order valence-corrected chi connectivity index (χ0v) is 11.7. The van der Waals surface area contributed by atoms with E-state index in [4.69, 9.17) is 9.47 Å². The molecule has 0 rings (SSSR count). The Hall–Kier alpha value is -1.36. The van der Waals surface area contributed by atoms with Crippen LogP contribution in [0.3, 0.4) is 0 Å². The Bertz CT molecular complexity index is 314. The smallest absolute Gasteiger partial charge is 0.333 e. The molecule has 0 aliphatic heterocycles. The zero-order valence-electron chi connectivity index (χ0n) is 11.7. The van der Waals surface area contributed by atoms with Crippen LogP contribution in [0.15, 0.2) is 12.2 Å². The maximum Gasteiger partial charge on any atom is 0.333 e. The van der Waals surface area contributed by atoms with E-state index in [-0.39, 0.29) is 24.2 Å². The predicted molar refractivity (Wildman–Crippen MR) is 67.0 cm³/mol. The molecule has 0 aliphatic rings. The number of hydrogen-bond acceptors (Lipinski definition) is 5. The Morgan fingerprint density at radius 3 is 2.22 bits per heavy atom. The van der Waals surface area contributed by atoms with Crippen molar-refractivity contribution in [2.75, 3.05) is 13.7 Å². The van der Waals surface area contributed by atoms with Crippen molar-refractivity contribution in [2.24, 2.45) is 0 Å². The van der Waals surface area contributed by atoms with Crippen molar-refractivity contribution in [1.82, 2.24) is 0 Å². The Kier molecular flexibility index (Phi) is 6.62. The largest absolute Gasteiger partial charge is 0.469 e. The quantitative estimate of drug-likeness (QED) is 0.537. The molecular formula is C13H22O5. The second-order valence-corrected chi connectivity index (χ2v) is 5.01. The summed E-state index contributed by atoms with van der Waals surface area (Å²) in [6.45, 7) is 10.8.